The van der Waals surface area contributed by atoms with Crippen LogP contribution in [0, 0.1) is 0 Å². The summed E-state index contributed by atoms with van der Waals surface area (Å²) >= 11 is 0. The van der Waals surface area contributed by atoms with E-state index in [1.807, 2.05) is 0 Å². The molecule has 0 aliphatic heterocycles. The van der Waals surface area contributed by atoms with E-state index in [-0.39, 0.29) is 5.91 Å². The minimum absolute atomic E-state index is 0.218. The summed E-state index contributed by atoms with van der Waals surface area (Å²) in [6.07, 6.45) is 2.07. The highest BCUT2D eigenvalue weighted by Crippen LogP contribution is 1.91. The molecule has 0 aliphatic rings. The number of carbonyl (C=O) groups is 1. The summed E-state index contributed by atoms with van der Waals surface area (Å²) in [7, 11) is 3.34. The second-order valence-corrected chi connectivity index (χ2v) is 3.44. The van der Waals surface area contributed by atoms with E-state index in [0.29, 0.717) is 25.4 Å². The Hall–Kier alpha value is -1.47. The molecule has 16 heavy (non-hydrogen) atoms. The molecule has 1 unspecified atom stereocenters. The summed E-state index contributed by atoms with van der Waals surface area (Å²) in [5, 5.41) is 6.69. The van der Waals surface area contributed by atoms with E-state index >= 15 is 0 Å². The maximum absolute atomic E-state index is 11.5. The largest absolute Gasteiger partial charge is 0.385 e. The van der Waals surface area contributed by atoms with Gasteiger partial charge in [-0.3, -0.25) is 9.48 Å². The number of carbonyl (C=O) groups excluding carboxylic acids is 1. The van der Waals surface area contributed by atoms with E-state index in [9.17, 15) is 4.79 Å². The number of aryl methyl sites for hydroxylation is 1. The number of ether oxygens (including phenoxy) is 1. The molecule has 0 saturated carbocycles. The van der Waals surface area contributed by atoms with Gasteiger partial charge in [0, 0.05) is 20.8 Å². The van der Waals surface area contributed by atoms with E-state index < -0.39 is 6.04 Å². The molecule has 7 heteroatoms. The first-order valence-corrected chi connectivity index (χ1v) is 5.00. The van der Waals surface area contributed by atoms with Gasteiger partial charge in [-0.2, -0.15) is 5.10 Å². The number of aromatic nitrogens is 3. The van der Waals surface area contributed by atoms with Crippen LogP contribution < -0.4 is 11.1 Å². The van der Waals surface area contributed by atoms with Crippen LogP contribution in [0.4, 0.5) is 0 Å². The van der Waals surface area contributed by atoms with Gasteiger partial charge in [0.05, 0.1) is 12.6 Å². The van der Waals surface area contributed by atoms with Crippen LogP contribution in [0.2, 0.25) is 0 Å². The number of nitrogens with one attached hydrogen (secondary N) is 1. The number of methoxy groups -OCH3 is 1. The van der Waals surface area contributed by atoms with Crippen molar-refractivity contribution in [3.8, 4) is 0 Å². The zero-order valence-corrected chi connectivity index (χ0v) is 9.51. The highest BCUT2D eigenvalue weighted by molar-refractivity contribution is 5.81. The van der Waals surface area contributed by atoms with E-state index in [4.69, 9.17) is 10.5 Å². The van der Waals surface area contributed by atoms with Gasteiger partial charge in [0.1, 0.15) is 6.33 Å². The molecule has 7 nitrogen and oxygen atoms in total. The van der Waals surface area contributed by atoms with Gasteiger partial charge in [0.25, 0.3) is 0 Å². The summed E-state index contributed by atoms with van der Waals surface area (Å²) in [4.78, 5) is 15.5. The highest BCUT2D eigenvalue weighted by atomic mass is 16.5. The standard InChI is InChI=1S/C9H17N5O2/c1-14-6-12-8(13-14)5-11-9(15)7(10)3-4-16-2/h6-7H,3-5,10H2,1-2H3,(H,11,15). The number of amides is 1. The van der Waals surface area contributed by atoms with Crippen molar-refractivity contribution in [2.24, 2.45) is 12.8 Å². The molecular formula is C9H17N5O2. The van der Waals surface area contributed by atoms with Crippen LogP contribution >= 0.6 is 0 Å². The molecule has 90 valence electrons. The number of rotatable bonds is 6. The Labute approximate surface area is 94.0 Å². The molecule has 1 rings (SSSR count). The molecule has 0 aromatic carbocycles. The molecule has 1 aromatic rings. The van der Waals surface area contributed by atoms with Crippen LogP contribution in [0.25, 0.3) is 0 Å². The van der Waals surface area contributed by atoms with Gasteiger partial charge >= 0.3 is 0 Å². The molecule has 0 radical (unpaired) electrons. The van der Waals surface area contributed by atoms with Gasteiger partial charge < -0.3 is 15.8 Å². The van der Waals surface area contributed by atoms with Crippen molar-refractivity contribution >= 4 is 5.91 Å². The van der Waals surface area contributed by atoms with Crippen LogP contribution in [-0.2, 0) is 23.1 Å². The van der Waals surface area contributed by atoms with Gasteiger partial charge in [0.2, 0.25) is 5.91 Å². The van der Waals surface area contributed by atoms with Crippen molar-refractivity contribution in [2.45, 2.75) is 19.0 Å². The third-order valence-corrected chi connectivity index (χ3v) is 2.04. The molecule has 1 atom stereocenters. The van der Waals surface area contributed by atoms with Crippen LogP contribution in [0.3, 0.4) is 0 Å². The zero-order valence-electron chi connectivity index (χ0n) is 9.51. The lowest BCUT2D eigenvalue weighted by Gasteiger charge is -2.10. The molecule has 0 bridgehead atoms. The lowest BCUT2D eigenvalue weighted by molar-refractivity contribution is -0.122. The monoisotopic (exact) mass is 227 g/mol. The lowest BCUT2D eigenvalue weighted by atomic mass is 10.2. The fraction of sp³-hybridized carbons (Fsp3) is 0.667. The molecule has 1 amide bonds. The SMILES string of the molecule is COCCC(N)C(=O)NCc1ncn(C)n1. The second kappa shape index (κ2) is 6.19. The van der Waals surface area contributed by atoms with Gasteiger partial charge in [-0.15, -0.1) is 0 Å². The Morgan fingerprint density at radius 1 is 1.75 bits per heavy atom. The summed E-state index contributed by atoms with van der Waals surface area (Å²) in [6, 6.07) is -0.552. The Morgan fingerprint density at radius 3 is 3.06 bits per heavy atom. The highest BCUT2D eigenvalue weighted by Gasteiger charge is 2.13. The number of nitrogens with two attached hydrogens (primary N) is 1. The van der Waals surface area contributed by atoms with Crippen LogP contribution in [-0.4, -0.2) is 40.4 Å². The normalized spacial score (nSPS) is 12.4. The van der Waals surface area contributed by atoms with E-state index in [2.05, 4.69) is 15.4 Å². The molecule has 0 aliphatic carbocycles. The second-order valence-electron chi connectivity index (χ2n) is 3.44. The topological polar surface area (TPSA) is 95.1 Å². The molecule has 1 heterocycles. The average Bonchev–Trinajstić information content (AvgIpc) is 2.68. The number of hydrogen-bond donors (Lipinski definition) is 2. The lowest BCUT2D eigenvalue weighted by Crippen LogP contribution is -2.41. The summed E-state index contributed by atoms with van der Waals surface area (Å²) in [5.74, 6) is 0.347. The van der Waals surface area contributed by atoms with E-state index in [0.717, 1.165) is 0 Å². The smallest absolute Gasteiger partial charge is 0.237 e. The predicted octanol–water partition coefficient (Wildman–Crippen LogP) is -1.20. The summed E-state index contributed by atoms with van der Waals surface area (Å²) in [5.41, 5.74) is 5.63. The third-order valence-electron chi connectivity index (χ3n) is 2.04. The van der Waals surface area contributed by atoms with Crippen molar-refractivity contribution in [3.05, 3.63) is 12.2 Å². The third kappa shape index (κ3) is 3.95. The zero-order chi connectivity index (χ0) is 12.0. The van der Waals surface area contributed by atoms with Crippen molar-refractivity contribution < 1.29 is 9.53 Å². The Bertz CT molecular complexity index is 338. The average molecular weight is 227 g/mol. The van der Waals surface area contributed by atoms with Crippen molar-refractivity contribution in [3.63, 3.8) is 0 Å². The fourth-order valence-electron chi connectivity index (χ4n) is 1.14. The molecule has 0 saturated heterocycles. The number of hydrogen-bond acceptors (Lipinski definition) is 5. The minimum Gasteiger partial charge on any atom is -0.385 e. The molecular weight excluding hydrogens is 210 g/mol. The van der Waals surface area contributed by atoms with Gasteiger partial charge in [-0.25, -0.2) is 4.98 Å². The maximum Gasteiger partial charge on any atom is 0.237 e. The quantitative estimate of drug-likeness (QED) is 0.636. The van der Waals surface area contributed by atoms with Crippen molar-refractivity contribution in [1.82, 2.24) is 20.1 Å². The molecule has 0 spiro atoms. The summed E-state index contributed by atoms with van der Waals surface area (Å²) < 4.78 is 6.42. The van der Waals surface area contributed by atoms with Gasteiger partial charge in [-0.1, -0.05) is 0 Å². The first kappa shape index (κ1) is 12.6. The first-order chi connectivity index (χ1) is 7.63. The summed E-state index contributed by atoms with van der Waals surface area (Å²) in [6.45, 7) is 0.761. The van der Waals surface area contributed by atoms with Crippen LogP contribution in [0.15, 0.2) is 6.33 Å². The van der Waals surface area contributed by atoms with Gasteiger partial charge in [-0.05, 0) is 6.42 Å². The molecule has 3 N–H and O–H groups in total. The van der Waals surface area contributed by atoms with E-state index in [1.165, 1.54) is 0 Å². The minimum atomic E-state index is -0.552. The fourth-order valence-corrected chi connectivity index (χ4v) is 1.14. The molecule has 1 aromatic heterocycles. The van der Waals surface area contributed by atoms with Crippen molar-refractivity contribution in [2.75, 3.05) is 13.7 Å². The Kier molecular flexibility index (Phi) is 4.87. The van der Waals surface area contributed by atoms with Crippen molar-refractivity contribution in [1.29, 1.82) is 0 Å². The van der Waals surface area contributed by atoms with E-state index in [1.54, 1.807) is 25.2 Å². The van der Waals surface area contributed by atoms with Crippen LogP contribution in [0.1, 0.15) is 12.2 Å². The molecule has 0 fully saturated rings. The predicted molar refractivity (Wildman–Crippen MR) is 57.3 cm³/mol. The first-order valence-electron chi connectivity index (χ1n) is 5.00. The van der Waals surface area contributed by atoms with Gasteiger partial charge in [0.15, 0.2) is 5.82 Å². The maximum atomic E-state index is 11.5. The Morgan fingerprint density at radius 2 is 2.50 bits per heavy atom. The van der Waals surface area contributed by atoms with Crippen LogP contribution in [0.5, 0.6) is 0 Å². The Balaban J connectivity index is 2.29. The number of nitrogens with zero attached hydrogens (tertiary/aromatic N) is 3.